The summed E-state index contributed by atoms with van der Waals surface area (Å²) in [6.07, 6.45) is 0. The third-order valence-electron chi connectivity index (χ3n) is 2.24. The molecule has 0 saturated carbocycles. The first-order valence-corrected chi connectivity index (χ1v) is 5.82. The van der Waals surface area contributed by atoms with Crippen LogP contribution < -0.4 is 5.73 Å². The van der Waals surface area contributed by atoms with Gasteiger partial charge in [0.2, 0.25) is 0 Å². The second-order valence-corrected chi connectivity index (χ2v) is 4.71. The Kier molecular flexibility index (Phi) is 4.77. The average Bonchev–Trinajstić information content (AvgIpc) is 2.75. The number of phenolic OH excluding ortho intramolecular Hbond substituents is 1. The van der Waals surface area contributed by atoms with E-state index in [0.717, 1.165) is 10.9 Å². The van der Waals surface area contributed by atoms with Crippen molar-refractivity contribution in [2.45, 2.75) is 6.04 Å². The summed E-state index contributed by atoms with van der Waals surface area (Å²) in [7, 11) is 0. The van der Waals surface area contributed by atoms with Gasteiger partial charge < -0.3 is 10.8 Å². The van der Waals surface area contributed by atoms with E-state index < -0.39 is 11.9 Å². The summed E-state index contributed by atoms with van der Waals surface area (Å²) in [5.41, 5.74) is 6.22. The quantitative estimate of drug-likeness (QED) is 0.886. The molecule has 0 bridgehead atoms. The average molecular weight is 294 g/mol. The fourth-order valence-corrected chi connectivity index (χ4v) is 2.40. The summed E-state index contributed by atoms with van der Waals surface area (Å²) in [5, 5.41) is 11.6. The molecule has 92 valence electrons. The number of benzene rings is 1. The Morgan fingerprint density at radius 1 is 1.41 bits per heavy atom. The highest BCUT2D eigenvalue weighted by Crippen LogP contribution is 2.35. The van der Waals surface area contributed by atoms with Gasteiger partial charge in [-0.1, -0.05) is 17.7 Å². The molecule has 6 heteroatoms. The highest BCUT2D eigenvalue weighted by atomic mass is 35.5. The first-order chi connectivity index (χ1) is 7.59. The maximum atomic E-state index is 13.2. The second-order valence-electron chi connectivity index (χ2n) is 3.32. The first-order valence-electron chi connectivity index (χ1n) is 4.56. The standard InChI is InChI=1S/C11H9ClFNOS.ClH/c12-8-5-6(13)4-7(11(8)15)10(14)9-2-1-3-16-9;/h1-5,10,15H,14H2;1H/t10-;/m1./s1. The number of phenols is 1. The van der Waals surface area contributed by atoms with E-state index in [9.17, 15) is 9.50 Å². The number of nitrogens with two attached hydrogens (primary N) is 1. The number of hydrogen-bond donors (Lipinski definition) is 2. The predicted octanol–water partition coefficient (Wildman–Crippen LogP) is 3.72. The molecule has 3 N–H and O–H groups in total. The van der Waals surface area contributed by atoms with Crippen LogP contribution in [-0.4, -0.2) is 5.11 Å². The van der Waals surface area contributed by atoms with Crippen LogP contribution in [0.4, 0.5) is 4.39 Å². The third kappa shape index (κ3) is 2.90. The van der Waals surface area contributed by atoms with Gasteiger partial charge in [-0.3, -0.25) is 0 Å². The molecule has 0 saturated heterocycles. The molecular weight excluding hydrogens is 284 g/mol. The van der Waals surface area contributed by atoms with Crippen LogP contribution in [0.2, 0.25) is 5.02 Å². The molecule has 0 radical (unpaired) electrons. The predicted molar refractivity (Wildman–Crippen MR) is 70.7 cm³/mol. The Labute approximate surface area is 113 Å². The van der Waals surface area contributed by atoms with Gasteiger partial charge in [-0.25, -0.2) is 4.39 Å². The van der Waals surface area contributed by atoms with E-state index in [4.69, 9.17) is 17.3 Å². The van der Waals surface area contributed by atoms with Crippen molar-refractivity contribution in [1.82, 2.24) is 0 Å². The van der Waals surface area contributed by atoms with Gasteiger partial charge in [0.1, 0.15) is 11.6 Å². The summed E-state index contributed by atoms with van der Waals surface area (Å²) < 4.78 is 13.2. The van der Waals surface area contributed by atoms with Crippen molar-refractivity contribution in [3.05, 3.63) is 50.9 Å². The van der Waals surface area contributed by atoms with Gasteiger partial charge in [-0.05, 0) is 23.6 Å². The molecule has 0 aliphatic rings. The van der Waals surface area contributed by atoms with Crippen molar-refractivity contribution in [2.75, 3.05) is 0 Å². The number of rotatable bonds is 2. The molecule has 2 nitrogen and oxygen atoms in total. The number of halogens is 3. The summed E-state index contributed by atoms with van der Waals surface area (Å²) in [5.74, 6) is -0.672. The van der Waals surface area contributed by atoms with Gasteiger partial charge in [-0.2, -0.15) is 0 Å². The third-order valence-corrected chi connectivity index (χ3v) is 3.49. The van der Waals surface area contributed by atoms with Gasteiger partial charge in [0.25, 0.3) is 0 Å². The molecular formula is C11H10Cl2FNOS. The molecule has 0 aliphatic heterocycles. The summed E-state index contributed by atoms with van der Waals surface area (Å²) >= 11 is 7.13. The van der Waals surface area contributed by atoms with Crippen LogP contribution in [0, 0.1) is 5.82 Å². The van der Waals surface area contributed by atoms with Crippen molar-refractivity contribution >= 4 is 35.3 Å². The van der Waals surface area contributed by atoms with E-state index in [0.29, 0.717) is 5.56 Å². The summed E-state index contributed by atoms with van der Waals surface area (Å²) in [6.45, 7) is 0. The molecule has 2 rings (SSSR count). The minimum Gasteiger partial charge on any atom is -0.506 e. The molecule has 0 aliphatic carbocycles. The smallest absolute Gasteiger partial charge is 0.139 e. The van der Waals surface area contributed by atoms with Crippen LogP contribution in [0.3, 0.4) is 0 Å². The van der Waals surface area contributed by atoms with Gasteiger partial charge in [-0.15, -0.1) is 23.7 Å². The maximum Gasteiger partial charge on any atom is 0.139 e. The van der Waals surface area contributed by atoms with E-state index in [-0.39, 0.29) is 23.2 Å². The molecule has 2 aromatic rings. The lowest BCUT2D eigenvalue weighted by atomic mass is 10.0. The second kappa shape index (κ2) is 5.69. The van der Waals surface area contributed by atoms with Crippen LogP contribution in [0.5, 0.6) is 5.75 Å². The molecule has 0 spiro atoms. The van der Waals surface area contributed by atoms with E-state index >= 15 is 0 Å². The largest absolute Gasteiger partial charge is 0.506 e. The zero-order valence-electron chi connectivity index (χ0n) is 8.56. The fraction of sp³-hybridized carbons (Fsp3) is 0.0909. The molecule has 0 unspecified atom stereocenters. The highest BCUT2D eigenvalue weighted by Gasteiger charge is 2.17. The minimum atomic E-state index is -0.562. The zero-order valence-corrected chi connectivity index (χ0v) is 11.0. The minimum absolute atomic E-state index is 0. The van der Waals surface area contributed by atoms with E-state index in [1.54, 1.807) is 0 Å². The van der Waals surface area contributed by atoms with Crippen molar-refractivity contribution in [3.63, 3.8) is 0 Å². The Hall–Kier alpha value is -0.810. The van der Waals surface area contributed by atoms with Gasteiger partial charge >= 0.3 is 0 Å². The monoisotopic (exact) mass is 293 g/mol. The van der Waals surface area contributed by atoms with E-state index in [1.165, 1.54) is 17.4 Å². The lowest BCUT2D eigenvalue weighted by Crippen LogP contribution is -2.10. The van der Waals surface area contributed by atoms with E-state index in [2.05, 4.69) is 0 Å². The van der Waals surface area contributed by atoms with Gasteiger partial charge in [0.05, 0.1) is 11.1 Å². The van der Waals surface area contributed by atoms with Crippen LogP contribution in [-0.2, 0) is 0 Å². The van der Waals surface area contributed by atoms with Crippen molar-refractivity contribution in [2.24, 2.45) is 5.73 Å². The summed E-state index contributed by atoms with van der Waals surface area (Å²) in [4.78, 5) is 0.844. The molecule has 0 fully saturated rings. The van der Waals surface area contributed by atoms with Crippen LogP contribution >= 0.6 is 35.3 Å². The Balaban J connectivity index is 0.00000144. The molecule has 17 heavy (non-hydrogen) atoms. The highest BCUT2D eigenvalue weighted by molar-refractivity contribution is 7.10. The molecule has 1 aromatic carbocycles. The lowest BCUT2D eigenvalue weighted by Gasteiger charge is -2.13. The Morgan fingerprint density at radius 2 is 2.12 bits per heavy atom. The van der Waals surface area contributed by atoms with Gasteiger partial charge in [0.15, 0.2) is 0 Å². The number of aromatic hydroxyl groups is 1. The lowest BCUT2D eigenvalue weighted by molar-refractivity contribution is 0.463. The maximum absolute atomic E-state index is 13.2. The first kappa shape index (κ1) is 14.3. The molecule has 1 heterocycles. The van der Waals surface area contributed by atoms with E-state index in [1.807, 2.05) is 17.5 Å². The molecule has 0 amide bonds. The van der Waals surface area contributed by atoms with Crippen molar-refractivity contribution in [3.8, 4) is 5.75 Å². The molecule has 1 aromatic heterocycles. The normalized spacial score (nSPS) is 11.9. The topological polar surface area (TPSA) is 46.2 Å². The fourth-order valence-electron chi connectivity index (χ4n) is 1.44. The van der Waals surface area contributed by atoms with Crippen LogP contribution in [0.15, 0.2) is 29.6 Å². The Morgan fingerprint density at radius 3 is 2.71 bits per heavy atom. The zero-order chi connectivity index (χ0) is 11.7. The number of thiophene rings is 1. The number of hydrogen-bond acceptors (Lipinski definition) is 3. The summed E-state index contributed by atoms with van der Waals surface area (Å²) in [6, 6.07) is 5.37. The molecule has 1 atom stereocenters. The van der Waals surface area contributed by atoms with Crippen molar-refractivity contribution < 1.29 is 9.50 Å². The SMILES string of the molecule is Cl.N[C@@H](c1cccs1)c1cc(F)cc(Cl)c1O. The van der Waals surface area contributed by atoms with Gasteiger partial charge in [0, 0.05) is 10.4 Å². The Bertz CT molecular complexity index is 504. The van der Waals surface area contributed by atoms with Crippen LogP contribution in [0.1, 0.15) is 16.5 Å². The van der Waals surface area contributed by atoms with Crippen molar-refractivity contribution in [1.29, 1.82) is 0 Å². The van der Waals surface area contributed by atoms with Crippen LogP contribution in [0.25, 0.3) is 0 Å².